The van der Waals surface area contributed by atoms with Crippen molar-refractivity contribution in [3.63, 3.8) is 0 Å². The summed E-state index contributed by atoms with van der Waals surface area (Å²) < 4.78 is 26.9. The van der Waals surface area contributed by atoms with Crippen LogP contribution < -0.4 is 4.72 Å². The molecule has 1 unspecified atom stereocenters. The second kappa shape index (κ2) is 7.05. The predicted molar refractivity (Wildman–Crippen MR) is 103 cm³/mol. The Kier molecular flexibility index (Phi) is 4.73. The molecule has 1 aromatic carbocycles. The lowest BCUT2D eigenvalue weighted by Gasteiger charge is -2.32. The molecule has 1 N–H and O–H groups in total. The highest BCUT2D eigenvalue weighted by Crippen LogP contribution is 2.29. The highest BCUT2D eigenvalue weighted by Gasteiger charge is 2.33. The second-order valence-corrected chi connectivity index (χ2v) is 9.33. The first-order chi connectivity index (χ1) is 13.0. The molecule has 2 aromatic rings. The van der Waals surface area contributed by atoms with Gasteiger partial charge in [0.25, 0.3) is 10.0 Å². The van der Waals surface area contributed by atoms with E-state index in [2.05, 4.69) is 14.7 Å². The van der Waals surface area contributed by atoms with E-state index in [1.807, 2.05) is 10.3 Å². The number of amides is 1. The Bertz CT molecular complexity index is 986. The van der Waals surface area contributed by atoms with Crippen LogP contribution in [-0.4, -0.2) is 49.2 Å². The number of fused-ring (bicyclic) bond motifs is 1. The molecule has 0 spiro atoms. The Hall–Kier alpha value is -2.26. The second-order valence-electron chi connectivity index (χ2n) is 6.75. The van der Waals surface area contributed by atoms with Gasteiger partial charge in [0.05, 0.1) is 9.90 Å². The number of aromatic nitrogens is 1. The quantitative estimate of drug-likeness (QED) is 0.847. The fourth-order valence-corrected chi connectivity index (χ4v) is 5.56. The summed E-state index contributed by atoms with van der Waals surface area (Å²) in [4.78, 5) is 23.7. The van der Waals surface area contributed by atoms with Crippen LogP contribution in [0.4, 0.5) is 0 Å². The van der Waals surface area contributed by atoms with Gasteiger partial charge in [-0.15, -0.1) is 11.3 Å². The van der Waals surface area contributed by atoms with Crippen molar-refractivity contribution in [3.05, 3.63) is 46.4 Å². The monoisotopic (exact) mass is 404 g/mol. The van der Waals surface area contributed by atoms with E-state index in [-0.39, 0.29) is 22.6 Å². The summed E-state index contributed by atoms with van der Waals surface area (Å²) in [6, 6.07) is 6.00. The molecule has 2 atom stereocenters. The minimum absolute atomic E-state index is 0.0904. The SMILES string of the molecule is C[C@H](N=C1NS(=O)(=O)c2ccccc21)C(=O)N1CCCC(c2nccs2)C1. The summed E-state index contributed by atoms with van der Waals surface area (Å²) in [7, 11) is -3.60. The van der Waals surface area contributed by atoms with Gasteiger partial charge < -0.3 is 4.90 Å². The zero-order valence-electron chi connectivity index (χ0n) is 14.8. The van der Waals surface area contributed by atoms with Crippen LogP contribution in [0.1, 0.15) is 36.3 Å². The fraction of sp³-hybridized carbons (Fsp3) is 0.389. The topological polar surface area (TPSA) is 91.7 Å². The molecule has 0 saturated carbocycles. The molecular weight excluding hydrogens is 384 g/mol. The number of thiazole rings is 1. The summed E-state index contributed by atoms with van der Waals surface area (Å²) >= 11 is 1.62. The van der Waals surface area contributed by atoms with Crippen LogP contribution in [0.2, 0.25) is 0 Å². The first kappa shape index (κ1) is 18.1. The third-order valence-corrected chi connectivity index (χ3v) is 7.21. The number of hydrogen-bond donors (Lipinski definition) is 1. The van der Waals surface area contributed by atoms with Crippen LogP contribution in [0.15, 0.2) is 45.7 Å². The van der Waals surface area contributed by atoms with E-state index in [0.717, 1.165) is 17.8 Å². The summed E-state index contributed by atoms with van der Waals surface area (Å²) in [6.45, 7) is 3.03. The third kappa shape index (κ3) is 3.49. The van der Waals surface area contributed by atoms with Crippen molar-refractivity contribution in [1.82, 2.24) is 14.6 Å². The molecule has 9 heteroatoms. The van der Waals surface area contributed by atoms with Crippen molar-refractivity contribution < 1.29 is 13.2 Å². The maximum Gasteiger partial charge on any atom is 0.263 e. The number of benzene rings is 1. The summed E-state index contributed by atoms with van der Waals surface area (Å²) in [6.07, 6.45) is 3.74. The van der Waals surface area contributed by atoms with Crippen molar-refractivity contribution in [2.45, 2.75) is 36.6 Å². The van der Waals surface area contributed by atoms with Gasteiger partial charge in [-0.3, -0.25) is 14.5 Å². The molecule has 1 saturated heterocycles. The molecule has 0 radical (unpaired) electrons. The lowest BCUT2D eigenvalue weighted by molar-refractivity contribution is -0.133. The number of likely N-dealkylation sites (tertiary alicyclic amines) is 1. The maximum atomic E-state index is 12.9. The van der Waals surface area contributed by atoms with Crippen molar-refractivity contribution in [1.29, 1.82) is 0 Å². The predicted octanol–water partition coefficient (Wildman–Crippen LogP) is 1.98. The van der Waals surface area contributed by atoms with Crippen LogP contribution in [0, 0.1) is 0 Å². The number of rotatable bonds is 3. The van der Waals surface area contributed by atoms with Gasteiger partial charge in [0, 0.05) is 36.1 Å². The van der Waals surface area contributed by atoms with Crippen molar-refractivity contribution in [3.8, 4) is 0 Å². The van der Waals surface area contributed by atoms with E-state index in [1.54, 1.807) is 42.7 Å². The first-order valence-electron chi connectivity index (χ1n) is 8.84. The first-order valence-corrected chi connectivity index (χ1v) is 11.2. The number of nitrogens with zero attached hydrogens (tertiary/aromatic N) is 3. The summed E-state index contributed by atoms with van der Waals surface area (Å²) in [5, 5.41) is 3.01. The third-order valence-electron chi connectivity index (χ3n) is 4.88. The summed E-state index contributed by atoms with van der Waals surface area (Å²) in [5.74, 6) is 0.403. The summed E-state index contributed by atoms with van der Waals surface area (Å²) in [5.41, 5.74) is 0.511. The van der Waals surface area contributed by atoms with Crippen LogP contribution in [-0.2, 0) is 14.8 Å². The molecule has 3 heterocycles. The Morgan fingerprint density at radius 3 is 3.00 bits per heavy atom. The van der Waals surface area contributed by atoms with E-state index in [1.165, 1.54) is 6.07 Å². The van der Waals surface area contributed by atoms with Gasteiger partial charge in [0.1, 0.15) is 11.9 Å². The Morgan fingerprint density at radius 1 is 1.41 bits per heavy atom. The van der Waals surface area contributed by atoms with Gasteiger partial charge in [-0.05, 0) is 31.9 Å². The standard InChI is InChI=1S/C18H20N4O3S2/c1-12(20-16-14-6-2-3-7-15(14)27(24,25)21-16)18(23)22-9-4-5-13(11-22)17-19-8-10-26-17/h2-3,6-8,10,12-13H,4-5,9,11H2,1H3,(H,20,21)/t12-,13?/m0/s1. The smallest absolute Gasteiger partial charge is 0.263 e. The van der Waals surface area contributed by atoms with E-state index in [9.17, 15) is 13.2 Å². The molecule has 2 aliphatic rings. The van der Waals surface area contributed by atoms with E-state index in [0.29, 0.717) is 18.7 Å². The molecular formula is C18H20N4O3S2. The molecule has 0 bridgehead atoms. The molecule has 0 aliphatic carbocycles. The molecule has 1 aromatic heterocycles. The largest absolute Gasteiger partial charge is 0.340 e. The zero-order chi connectivity index (χ0) is 19.0. The molecule has 1 amide bonds. The van der Waals surface area contributed by atoms with E-state index in [4.69, 9.17) is 0 Å². The maximum absolute atomic E-state index is 12.9. The minimum atomic E-state index is -3.60. The minimum Gasteiger partial charge on any atom is -0.340 e. The number of nitrogens with one attached hydrogen (secondary N) is 1. The van der Waals surface area contributed by atoms with Crippen LogP contribution in [0.25, 0.3) is 0 Å². The highest BCUT2D eigenvalue weighted by molar-refractivity contribution is 7.90. The lowest BCUT2D eigenvalue weighted by Crippen LogP contribution is -2.43. The molecule has 142 valence electrons. The average molecular weight is 405 g/mol. The molecule has 4 rings (SSSR count). The Labute approximate surface area is 162 Å². The molecule has 27 heavy (non-hydrogen) atoms. The zero-order valence-corrected chi connectivity index (χ0v) is 16.5. The molecule has 2 aliphatic heterocycles. The number of sulfonamides is 1. The number of piperidine rings is 1. The normalized spacial score (nSPS) is 23.7. The molecule has 1 fully saturated rings. The van der Waals surface area contributed by atoms with E-state index >= 15 is 0 Å². The van der Waals surface area contributed by atoms with Gasteiger partial charge in [0.2, 0.25) is 5.91 Å². The number of amidine groups is 1. The van der Waals surface area contributed by atoms with Gasteiger partial charge in [-0.1, -0.05) is 12.1 Å². The van der Waals surface area contributed by atoms with Crippen LogP contribution in [0.3, 0.4) is 0 Å². The number of carbonyl (C=O) groups excluding carboxylic acids is 1. The highest BCUT2D eigenvalue weighted by atomic mass is 32.2. The Balaban J connectivity index is 1.52. The van der Waals surface area contributed by atoms with Gasteiger partial charge >= 0.3 is 0 Å². The van der Waals surface area contributed by atoms with Crippen LogP contribution >= 0.6 is 11.3 Å². The average Bonchev–Trinajstić information content (AvgIpc) is 3.29. The van der Waals surface area contributed by atoms with Gasteiger partial charge in [0.15, 0.2) is 0 Å². The van der Waals surface area contributed by atoms with Crippen LogP contribution in [0.5, 0.6) is 0 Å². The van der Waals surface area contributed by atoms with Gasteiger partial charge in [-0.2, -0.15) is 0 Å². The van der Waals surface area contributed by atoms with Crippen molar-refractivity contribution in [2.24, 2.45) is 4.99 Å². The lowest BCUT2D eigenvalue weighted by atomic mass is 9.98. The Morgan fingerprint density at radius 2 is 2.22 bits per heavy atom. The number of carbonyl (C=O) groups is 1. The van der Waals surface area contributed by atoms with E-state index < -0.39 is 16.1 Å². The van der Waals surface area contributed by atoms with Crippen molar-refractivity contribution in [2.75, 3.05) is 13.1 Å². The number of hydrogen-bond acceptors (Lipinski definition) is 6. The molecule has 7 nitrogen and oxygen atoms in total. The van der Waals surface area contributed by atoms with Gasteiger partial charge in [-0.25, -0.2) is 13.4 Å². The van der Waals surface area contributed by atoms with Crippen molar-refractivity contribution >= 4 is 33.1 Å². The fourth-order valence-electron chi connectivity index (χ4n) is 3.56. The number of aliphatic imine (C=N–C) groups is 1.